The fourth-order valence-corrected chi connectivity index (χ4v) is 3.57. The molecule has 0 saturated carbocycles. The number of primary amides is 1. The van der Waals surface area contributed by atoms with E-state index in [9.17, 15) is 24.0 Å². The third-order valence-electron chi connectivity index (χ3n) is 5.42. The van der Waals surface area contributed by atoms with Crippen molar-refractivity contribution in [3.8, 4) is 0 Å². The highest BCUT2D eigenvalue weighted by atomic mass is 16.2. The Labute approximate surface area is 196 Å². The van der Waals surface area contributed by atoms with Crippen LogP contribution in [0.1, 0.15) is 74.1 Å². The van der Waals surface area contributed by atoms with Gasteiger partial charge in [-0.2, -0.15) is 0 Å². The van der Waals surface area contributed by atoms with Gasteiger partial charge in [-0.1, -0.05) is 20.8 Å². The van der Waals surface area contributed by atoms with Gasteiger partial charge in [0.1, 0.15) is 12.1 Å². The summed E-state index contributed by atoms with van der Waals surface area (Å²) in [5, 5.41) is 8.26. The van der Waals surface area contributed by atoms with Gasteiger partial charge >= 0.3 is 0 Å². The van der Waals surface area contributed by atoms with E-state index in [0.29, 0.717) is 13.0 Å². The van der Waals surface area contributed by atoms with Gasteiger partial charge in [0.2, 0.25) is 23.6 Å². The maximum Gasteiger partial charge on any atom is 0.245 e. The van der Waals surface area contributed by atoms with Crippen LogP contribution in [-0.2, 0) is 24.0 Å². The fourth-order valence-electron chi connectivity index (χ4n) is 3.57. The van der Waals surface area contributed by atoms with Gasteiger partial charge in [-0.25, -0.2) is 0 Å². The number of likely N-dealkylation sites (tertiary alicyclic amines) is 1. The van der Waals surface area contributed by atoms with E-state index in [4.69, 9.17) is 5.73 Å². The molecule has 1 aliphatic heterocycles. The van der Waals surface area contributed by atoms with Crippen LogP contribution in [0, 0.1) is 5.41 Å². The Morgan fingerprint density at radius 2 is 1.64 bits per heavy atom. The minimum absolute atomic E-state index is 0.00942. The standard InChI is InChI=1S/C23H41N5O5/c1-14(21(33)28-12-8-9-16(28)19(31)22(2,3)4)26-20(32)15(10-11-17(24)29)27-18(30)13-25-23(5,6)7/h14-16,25H,8-13H2,1-7H3,(H2,24,29)(H,26,32)(H,27,30)/t14-,15-,16-/m0/s1. The monoisotopic (exact) mass is 467 g/mol. The molecule has 5 N–H and O–H groups in total. The second-order valence-corrected chi connectivity index (χ2v) is 10.8. The molecule has 0 aliphatic carbocycles. The van der Waals surface area contributed by atoms with E-state index in [2.05, 4.69) is 16.0 Å². The number of nitrogens with two attached hydrogens (primary N) is 1. The van der Waals surface area contributed by atoms with E-state index in [1.807, 2.05) is 41.5 Å². The number of Topliss-reactive ketones (excluding diaryl/α,β-unsaturated/α-hetero) is 1. The van der Waals surface area contributed by atoms with Gasteiger partial charge in [0.05, 0.1) is 12.6 Å². The first-order chi connectivity index (χ1) is 15.0. The molecule has 0 aromatic rings. The number of nitrogens with zero attached hydrogens (tertiary/aromatic N) is 1. The number of hydrogen-bond acceptors (Lipinski definition) is 6. The maximum atomic E-state index is 13.0. The number of nitrogens with one attached hydrogen (secondary N) is 3. The van der Waals surface area contributed by atoms with Gasteiger partial charge in [-0.3, -0.25) is 24.0 Å². The Hall–Kier alpha value is -2.49. The molecule has 33 heavy (non-hydrogen) atoms. The Morgan fingerprint density at radius 3 is 2.15 bits per heavy atom. The van der Waals surface area contributed by atoms with Gasteiger partial charge < -0.3 is 26.6 Å². The van der Waals surface area contributed by atoms with Crippen molar-refractivity contribution in [3.05, 3.63) is 0 Å². The molecule has 0 aromatic heterocycles. The molecule has 188 valence electrons. The number of amides is 4. The molecule has 0 radical (unpaired) electrons. The van der Waals surface area contributed by atoms with E-state index in [1.165, 1.54) is 4.90 Å². The van der Waals surface area contributed by atoms with Gasteiger partial charge in [0.25, 0.3) is 0 Å². The van der Waals surface area contributed by atoms with Crippen molar-refractivity contribution in [2.75, 3.05) is 13.1 Å². The molecule has 0 aromatic carbocycles. The maximum absolute atomic E-state index is 13.0. The second kappa shape index (κ2) is 11.6. The summed E-state index contributed by atoms with van der Waals surface area (Å²) in [7, 11) is 0. The molecule has 0 spiro atoms. The summed E-state index contributed by atoms with van der Waals surface area (Å²) < 4.78 is 0. The number of hydrogen-bond donors (Lipinski definition) is 4. The molecule has 0 unspecified atom stereocenters. The first-order valence-electron chi connectivity index (χ1n) is 11.5. The molecule has 10 heteroatoms. The van der Waals surface area contributed by atoms with Crippen LogP contribution in [0.4, 0.5) is 0 Å². The van der Waals surface area contributed by atoms with Crippen molar-refractivity contribution in [2.24, 2.45) is 11.1 Å². The van der Waals surface area contributed by atoms with Crippen molar-refractivity contribution < 1.29 is 24.0 Å². The van der Waals surface area contributed by atoms with E-state index in [1.54, 1.807) is 6.92 Å². The van der Waals surface area contributed by atoms with Crippen LogP contribution in [0.5, 0.6) is 0 Å². The Kier molecular flexibility index (Phi) is 10.0. The van der Waals surface area contributed by atoms with Gasteiger partial charge in [0, 0.05) is 23.9 Å². The molecule has 1 fully saturated rings. The van der Waals surface area contributed by atoms with Crippen LogP contribution >= 0.6 is 0 Å². The zero-order valence-electron chi connectivity index (χ0n) is 21.0. The van der Waals surface area contributed by atoms with E-state index < -0.39 is 41.3 Å². The zero-order valence-corrected chi connectivity index (χ0v) is 21.0. The van der Waals surface area contributed by atoms with Crippen LogP contribution in [0.3, 0.4) is 0 Å². The third kappa shape index (κ3) is 9.49. The van der Waals surface area contributed by atoms with Crippen LogP contribution in [0.2, 0.25) is 0 Å². The second-order valence-electron chi connectivity index (χ2n) is 10.8. The minimum atomic E-state index is -1.02. The lowest BCUT2D eigenvalue weighted by Gasteiger charge is -2.31. The molecule has 0 bridgehead atoms. The predicted molar refractivity (Wildman–Crippen MR) is 125 cm³/mol. The number of carbonyl (C=O) groups excluding carboxylic acids is 5. The predicted octanol–water partition coefficient (Wildman–Crippen LogP) is 0.236. The van der Waals surface area contributed by atoms with Crippen molar-refractivity contribution in [1.29, 1.82) is 0 Å². The third-order valence-corrected chi connectivity index (χ3v) is 5.42. The topological polar surface area (TPSA) is 151 Å². The van der Waals surface area contributed by atoms with Gasteiger partial charge in [-0.05, 0) is 47.0 Å². The SMILES string of the molecule is C[C@H](NC(=O)[C@H](CCC(N)=O)NC(=O)CNC(C)(C)C)C(=O)N1CCC[C@H]1C(=O)C(C)(C)C. The number of rotatable bonds is 10. The highest BCUT2D eigenvalue weighted by molar-refractivity contribution is 5.96. The van der Waals surface area contributed by atoms with E-state index >= 15 is 0 Å². The lowest BCUT2D eigenvalue weighted by atomic mass is 9.85. The lowest BCUT2D eigenvalue weighted by molar-refractivity contribution is -0.143. The summed E-state index contributed by atoms with van der Waals surface area (Å²) in [6, 6.07) is -2.43. The summed E-state index contributed by atoms with van der Waals surface area (Å²) >= 11 is 0. The van der Waals surface area contributed by atoms with Crippen LogP contribution in [0.25, 0.3) is 0 Å². The number of ketones is 1. The molecule has 1 rings (SSSR count). The Balaban J connectivity index is 2.83. The largest absolute Gasteiger partial charge is 0.370 e. The van der Waals surface area contributed by atoms with Crippen molar-refractivity contribution in [1.82, 2.24) is 20.9 Å². The van der Waals surface area contributed by atoms with Crippen LogP contribution in [0.15, 0.2) is 0 Å². The smallest absolute Gasteiger partial charge is 0.245 e. The molecule has 3 atom stereocenters. The minimum Gasteiger partial charge on any atom is -0.370 e. The summed E-state index contributed by atoms with van der Waals surface area (Å²) in [5.41, 5.74) is 4.34. The molecule has 1 aliphatic rings. The number of carbonyl (C=O) groups is 5. The summed E-state index contributed by atoms with van der Waals surface area (Å²) in [6.07, 6.45) is 1.23. The molecular formula is C23H41N5O5. The van der Waals surface area contributed by atoms with Crippen LogP contribution < -0.4 is 21.7 Å². The summed E-state index contributed by atoms with van der Waals surface area (Å²) in [5.74, 6) is -1.95. The normalized spacial score (nSPS) is 18.4. The summed E-state index contributed by atoms with van der Waals surface area (Å²) in [4.78, 5) is 63.7. The molecule has 1 heterocycles. The highest BCUT2D eigenvalue weighted by Gasteiger charge is 2.40. The molecule has 4 amide bonds. The lowest BCUT2D eigenvalue weighted by Crippen LogP contribution is -2.56. The Bertz CT molecular complexity index is 753. The van der Waals surface area contributed by atoms with Crippen LogP contribution in [-0.4, -0.2) is 71.1 Å². The summed E-state index contributed by atoms with van der Waals surface area (Å²) in [6.45, 7) is 13.2. The molecular weight excluding hydrogens is 426 g/mol. The van der Waals surface area contributed by atoms with Crippen molar-refractivity contribution >= 4 is 29.4 Å². The van der Waals surface area contributed by atoms with Crippen molar-refractivity contribution in [3.63, 3.8) is 0 Å². The zero-order chi connectivity index (χ0) is 25.6. The average molecular weight is 468 g/mol. The van der Waals surface area contributed by atoms with Gasteiger partial charge in [-0.15, -0.1) is 0 Å². The first kappa shape index (κ1) is 28.5. The highest BCUT2D eigenvalue weighted by Crippen LogP contribution is 2.27. The van der Waals surface area contributed by atoms with E-state index in [0.717, 1.165) is 6.42 Å². The molecule has 1 saturated heterocycles. The fraction of sp³-hybridized carbons (Fsp3) is 0.783. The Morgan fingerprint density at radius 1 is 1.03 bits per heavy atom. The quantitative estimate of drug-likeness (QED) is 0.361. The van der Waals surface area contributed by atoms with E-state index in [-0.39, 0.29) is 36.6 Å². The average Bonchev–Trinajstić information content (AvgIpc) is 3.16. The molecule has 10 nitrogen and oxygen atoms in total. The van der Waals surface area contributed by atoms with Gasteiger partial charge in [0.15, 0.2) is 5.78 Å². The first-order valence-corrected chi connectivity index (χ1v) is 11.5. The van der Waals surface area contributed by atoms with Crippen molar-refractivity contribution in [2.45, 2.75) is 97.8 Å².